The number of azo groups is 1. The molecule has 15 heteroatoms. The summed E-state index contributed by atoms with van der Waals surface area (Å²) in [5.41, 5.74) is 2.26. The number of nitro benzene ring substituents is 1. The number of benzene rings is 2. The van der Waals surface area contributed by atoms with Crippen LogP contribution in [0.2, 0.25) is 0 Å². The van der Waals surface area contributed by atoms with Gasteiger partial charge in [0, 0.05) is 49.2 Å². The van der Waals surface area contributed by atoms with Crippen LogP contribution in [0.15, 0.2) is 69.6 Å². The molecule has 0 radical (unpaired) electrons. The van der Waals surface area contributed by atoms with Crippen LogP contribution in [-0.2, 0) is 4.74 Å². The summed E-state index contributed by atoms with van der Waals surface area (Å²) in [6, 6.07) is 14.2. The van der Waals surface area contributed by atoms with Gasteiger partial charge in [0.1, 0.15) is 6.61 Å². The summed E-state index contributed by atoms with van der Waals surface area (Å²) in [6.07, 6.45) is 2.84. The van der Waals surface area contributed by atoms with Crippen LogP contribution in [0.25, 0.3) is 0 Å². The van der Waals surface area contributed by atoms with Crippen molar-refractivity contribution >= 4 is 40.8 Å². The number of anilines is 2. The van der Waals surface area contributed by atoms with E-state index in [2.05, 4.69) is 41.0 Å². The monoisotopic (exact) mass is 607 g/mol. The fourth-order valence-corrected chi connectivity index (χ4v) is 4.04. The van der Waals surface area contributed by atoms with Crippen molar-refractivity contribution in [1.82, 2.24) is 20.6 Å². The van der Waals surface area contributed by atoms with E-state index in [9.17, 15) is 24.5 Å². The predicted octanol–water partition coefficient (Wildman–Crippen LogP) is 5.34. The first-order valence-corrected chi connectivity index (χ1v) is 14.3. The second-order valence-corrected chi connectivity index (χ2v) is 9.66. The number of amides is 3. The van der Waals surface area contributed by atoms with Crippen LogP contribution in [0.1, 0.15) is 38.3 Å². The lowest BCUT2D eigenvalue weighted by Crippen LogP contribution is -2.31. The maximum Gasteiger partial charge on any atom is 0.407 e. The molecule has 1 heterocycles. The zero-order valence-electron chi connectivity index (χ0n) is 24.7. The Hall–Kier alpha value is -5.34. The average molecular weight is 608 g/mol. The number of H-pyrrole nitrogens is 1. The molecule has 3 rings (SSSR count). The van der Waals surface area contributed by atoms with Crippen molar-refractivity contribution in [3.05, 3.63) is 80.8 Å². The number of alkyl carbamates (subject to hydrolysis) is 1. The Kier molecular flexibility index (Phi) is 13.2. The molecule has 0 aliphatic heterocycles. The third kappa shape index (κ3) is 11.9. The second-order valence-electron chi connectivity index (χ2n) is 9.66. The van der Waals surface area contributed by atoms with E-state index in [0.29, 0.717) is 43.2 Å². The normalized spacial score (nSPS) is 10.8. The van der Waals surface area contributed by atoms with E-state index in [4.69, 9.17) is 4.74 Å². The van der Waals surface area contributed by atoms with Gasteiger partial charge in [0.15, 0.2) is 0 Å². The molecule has 1 aromatic heterocycles. The molecule has 3 amide bonds. The molecule has 234 valence electrons. The zero-order valence-corrected chi connectivity index (χ0v) is 24.7. The number of aryl methyl sites for hydroxylation is 1. The fourth-order valence-electron chi connectivity index (χ4n) is 4.04. The average Bonchev–Trinajstić information content (AvgIpc) is 2.99. The highest BCUT2D eigenvalue weighted by molar-refractivity contribution is 5.87. The van der Waals surface area contributed by atoms with Gasteiger partial charge in [0.05, 0.1) is 22.8 Å². The summed E-state index contributed by atoms with van der Waals surface area (Å²) in [4.78, 5) is 54.2. The van der Waals surface area contributed by atoms with Crippen LogP contribution in [-0.4, -0.2) is 59.8 Å². The molecule has 44 heavy (non-hydrogen) atoms. The van der Waals surface area contributed by atoms with Crippen LogP contribution in [0, 0.1) is 17.0 Å². The largest absolute Gasteiger partial charge is 0.448 e. The molecule has 4 N–H and O–H groups in total. The molecule has 0 unspecified atom stereocenters. The van der Waals surface area contributed by atoms with E-state index in [0.717, 1.165) is 31.4 Å². The van der Waals surface area contributed by atoms with Crippen LogP contribution in [0.4, 0.5) is 38.3 Å². The number of hydrogen-bond acceptors (Lipinski definition) is 10. The molecule has 0 bridgehead atoms. The number of aromatic nitrogens is 2. The van der Waals surface area contributed by atoms with Crippen LogP contribution in [0.5, 0.6) is 0 Å². The Morgan fingerprint density at radius 2 is 1.59 bits per heavy atom. The number of non-ortho nitro benzene ring substituents is 1. The van der Waals surface area contributed by atoms with Crippen molar-refractivity contribution in [2.24, 2.45) is 10.2 Å². The van der Waals surface area contributed by atoms with E-state index < -0.39 is 17.0 Å². The lowest BCUT2D eigenvalue weighted by Gasteiger charge is -2.23. The number of carbonyl (C=O) groups is 2. The van der Waals surface area contributed by atoms with Crippen molar-refractivity contribution < 1.29 is 19.2 Å². The number of aromatic amines is 1. The molecule has 0 atom stereocenters. The molecule has 0 aliphatic rings. The summed E-state index contributed by atoms with van der Waals surface area (Å²) in [5, 5.41) is 27.0. The summed E-state index contributed by atoms with van der Waals surface area (Å²) in [5.74, 6) is 0.102. The SMILES string of the molecule is CCN(CCOC(=O)NCCCCCCNC(=O)Nc1nc(C)cc(=O)[nH]1)c1ccc(N=Nc2ccc([N+](=O)[O-])cc2)cc1. The molecule has 0 spiro atoms. The minimum atomic E-state index is -0.468. The maximum atomic E-state index is 12.0. The minimum absolute atomic E-state index is 0.00534. The third-order valence-electron chi connectivity index (χ3n) is 6.29. The number of likely N-dealkylation sites (N-methyl/N-ethyl adjacent to an activating group) is 1. The molecule has 0 saturated carbocycles. The van der Waals surface area contributed by atoms with Gasteiger partial charge in [-0.1, -0.05) is 12.8 Å². The van der Waals surface area contributed by atoms with Crippen molar-refractivity contribution in [3.8, 4) is 0 Å². The highest BCUT2D eigenvalue weighted by Crippen LogP contribution is 2.23. The van der Waals surface area contributed by atoms with Crippen molar-refractivity contribution in [3.63, 3.8) is 0 Å². The lowest BCUT2D eigenvalue weighted by molar-refractivity contribution is -0.384. The minimum Gasteiger partial charge on any atom is -0.448 e. The van der Waals surface area contributed by atoms with E-state index in [-0.39, 0.29) is 23.8 Å². The number of urea groups is 1. The van der Waals surface area contributed by atoms with E-state index in [1.165, 1.54) is 30.3 Å². The second kappa shape index (κ2) is 17.6. The summed E-state index contributed by atoms with van der Waals surface area (Å²) in [7, 11) is 0. The summed E-state index contributed by atoms with van der Waals surface area (Å²) < 4.78 is 5.32. The number of unbranched alkanes of at least 4 members (excludes halogenated alkanes) is 3. The van der Waals surface area contributed by atoms with Crippen molar-refractivity contribution in [1.29, 1.82) is 0 Å². The topological polar surface area (TPSA) is 196 Å². The van der Waals surface area contributed by atoms with Gasteiger partial charge in [0.2, 0.25) is 5.95 Å². The molecule has 0 saturated heterocycles. The Labute approximate surface area is 254 Å². The highest BCUT2D eigenvalue weighted by atomic mass is 16.6. The number of carbonyl (C=O) groups excluding carboxylic acids is 2. The molecule has 15 nitrogen and oxygen atoms in total. The number of nitrogens with zero attached hydrogens (tertiary/aromatic N) is 5. The van der Waals surface area contributed by atoms with E-state index in [1.54, 1.807) is 6.92 Å². The molecule has 2 aromatic carbocycles. The van der Waals surface area contributed by atoms with Gasteiger partial charge < -0.3 is 20.3 Å². The van der Waals surface area contributed by atoms with E-state index in [1.807, 2.05) is 31.2 Å². The van der Waals surface area contributed by atoms with Gasteiger partial charge >= 0.3 is 12.1 Å². The Balaban J connectivity index is 1.25. The molecular weight excluding hydrogens is 570 g/mol. The highest BCUT2D eigenvalue weighted by Gasteiger charge is 2.08. The smallest absolute Gasteiger partial charge is 0.407 e. The fraction of sp³-hybridized carbons (Fsp3) is 0.379. The quantitative estimate of drug-likeness (QED) is 0.0724. The first-order valence-electron chi connectivity index (χ1n) is 14.3. The first-order chi connectivity index (χ1) is 21.2. The van der Waals surface area contributed by atoms with Gasteiger partial charge in [-0.25, -0.2) is 14.6 Å². The molecule has 0 fully saturated rings. The van der Waals surface area contributed by atoms with Crippen molar-refractivity contribution in [2.45, 2.75) is 39.5 Å². The van der Waals surface area contributed by atoms with Crippen LogP contribution < -0.4 is 26.4 Å². The van der Waals surface area contributed by atoms with Crippen molar-refractivity contribution in [2.75, 3.05) is 43.0 Å². The number of nitrogens with one attached hydrogen (secondary N) is 4. The van der Waals surface area contributed by atoms with Crippen LogP contribution in [0.3, 0.4) is 0 Å². The van der Waals surface area contributed by atoms with Gasteiger partial charge in [0.25, 0.3) is 11.2 Å². The standard InChI is InChI=1S/C29H37N9O6/c1-3-37(24-12-8-22(9-13-24)35-36-23-10-14-25(15-11-23)38(42)43)18-19-44-29(41)31-17-7-5-4-6-16-30-28(40)34-27-32-21(2)20-26(39)33-27/h8-15,20H,3-7,16-19H2,1-2H3,(H,31,41)(H3,30,32,33,34,39,40). The number of hydrogen-bond donors (Lipinski definition) is 4. The Bertz CT molecular complexity index is 1460. The number of nitro groups is 1. The molecular formula is C29H37N9O6. The lowest BCUT2D eigenvalue weighted by atomic mass is 10.2. The molecule has 0 aliphatic carbocycles. The first kappa shape index (κ1) is 33.2. The van der Waals surface area contributed by atoms with Gasteiger partial charge in [-0.15, -0.1) is 0 Å². The van der Waals surface area contributed by atoms with Crippen LogP contribution >= 0.6 is 0 Å². The predicted molar refractivity (Wildman–Crippen MR) is 166 cm³/mol. The zero-order chi connectivity index (χ0) is 31.7. The number of ether oxygens (including phenoxy) is 1. The van der Waals surface area contributed by atoms with Gasteiger partial charge in [-0.3, -0.25) is 25.2 Å². The summed E-state index contributed by atoms with van der Waals surface area (Å²) in [6.45, 7) is 6.10. The maximum absolute atomic E-state index is 12.0. The van der Waals surface area contributed by atoms with Gasteiger partial charge in [-0.2, -0.15) is 10.2 Å². The molecule has 3 aromatic rings. The van der Waals surface area contributed by atoms with Gasteiger partial charge in [-0.05, 0) is 63.1 Å². The Morgan fingerprint density at radius 3 is 2.18 bits per heavy atom. The summed E-state index contributed by atoms with van der Waals surface area (Å²) >= 11 is 0. The van der Waals surface area contributed by atoms with E-state index >= 15 is 0 Å². The Morgan fingerprint density at radius 1 is 0.977 bits per heavy atom. The number of rotatable bonds is 16. The third-order valence-corrected chi connectivity index (χ3v) is 6.29.